The molecule has 2 amide bonds. The van der Waals surface area contributed by atoms with Gasteiger partial charge in [-0.05, 0) is 199 Å². The predicted octanol–water partition coefficient (Wildman–Crippen LogP) is 11.8. The van der Waals surface area contributed by atoms with Gasteiger partial charge in [0.2, 0.25) is 5.91 Å². The van der Waals surface area contributed by atoms with Crippen LogP contribution in [-0.2, 0) is 37.6 Å². The van der Waals surface area contributed by atoms with Gasteiger partial charge in [0.1, 0.15) is 22.9 Å². The van der Waals surface area contributed by atoms with Gasteiger partial charge in [-0.2, -0.15) is 0 Å². The molecule has 5 aromatic carbocycles. The lowest BCUT2D eigenvalue weighted by Crippen LogP contribution is -2.43. The van der Waals surface area contributed by atoms with Crippen LogP contribution in [0, 0.1) is 23.7 Å². The zero-order valence-corrected chi connectivity index (χ0v) is 49.3. The lowest BCUT2D eigenvalue weighted by Gasteiger charge is -2.37. The van der Waals surface area contributed by atoms with Crippen LogP contribution in [0.2, 0.25) is 10.0 Å². The molecule has 2 saturated heterocycles. The number of Topliss-reactive ketones (excluding diaryl/α,β-unsaturated/α-hetero) is 1. The van der Waals surface area contributed by atoms with Crippen molar-refractivity contribution < 1.29 is 38.4 Å². The molecular weight excluding hydrogens is 1060 g/mol. The van der Waals surface area contributed by atoms with E-state index >= 15 is 0 Å². The molecule has 81 heavy (non-hydrogen) atoms. The summed E-state index contributed by atoms with van der Waals surface area (Å²) in [6, 6.07) is 40.4. The number of alkyl carbamates (subject to hydrolysis) is 1. The van der Waals surface area contributed by atoms with E-state index in [9.17, 15) is 19.5 Å². The zero-order valence-electron chi connectivity index (χ0n) is 47.8. The van der Waals surface area contributed by atoms with Gasteiger partial charge in [-0.3, -0.25) is 9.59 Å². The van der Waals surface area contributed by atoms with Gasteiger partial charge in [0.25, 0.3) is 0 Å². The smallest absolute Gasteiger partial charge is 0.407 e. The third kappa shape index (κ3) is 17.5. The molecule has 2 aliphatic heterocycles. The lowest BCUT2D eigenvalue weighted by atomic mass is 9.79. The Morgan fingerprint density at radius 1 is 0.704 bits per heavy atom. The predicted molar refractivity (Wildman–Crippen MR) is 323 cm³/mol. The molecule has 0 radical (unpaired) electrons. The highest BCUT2D eigenvalue weighted by Gasteiger charge is 2.43. The van der Waals surface area contributed by atoms with Crippen LogP contribution in [0.5, 0.6) is 11.5 Å². The molecule has 3 aliphatic rings. The number of carbonyl (C=O) groups excluding carboxylic acids is 3. The summed E-state index contributed by atoms with van der Waals surface area (Å²) in [6.07, 6.45) is 9.33. The summed E-state index contributed by atoms with van der Waals surface area (Å²) in [5, 5.41) is 18.2. The Balaban J connectivity index is 0.678. The summed E-state index contributed by atoms with van der Waals surface area (Å²) < 4.78 is 23.6. The second-order valence-corrected chi connectivity index (χ2v) is 23.3. The maximum atomic E-state index is 13.8. The summed E-state index contributed by atoms with van der Waals surface area (Å²) in [5.74, 6) is 2.04. The minimum atomic E-state index is -1.01. The number of halogens is 2. The summed E-state index contributed by atoms with van der Waals surface area (Å²) in [7, 11) is 5.41. The van der Waals surface area contributed by atoms with Gasteiger partial charge in [-0.25, -0.2) is 4.79 Å². The van der Waals surface area contributed by atoms with Crippen LogP contribution in [0.25, 0.3) is 0 Å². The molecule has 0 spiro atoms. The first-order chi connectivity index (χ1) is 39.4. The number of piperidine rings is 2. The van der Waals surface area contributed by atoms with Gasteiger partial charge in [0.05, 0.1) is 43.6 Å². The van der Waals surface area contributed by atoms with E-state index in [2.05, 4.69) is 63.9 Å². The minimum Gasteiger partial charge on any atom is -0.497 e. The first-order valence-corrected chi connectivity index (χ1v) is 30.2. The molecule has 436 valence electrons. The molecule has 0 bridgehead atoms. The minimum absolute atomic E-state index is 0.0336. The van der Waals surface area contributed by atoms with E-state index in [-0.39, 0.29) is 36.1 Å². The zero-order chi connectivity index (χ0) is 57.0. The van der Waals surface area contributed by atoms with E-state index < -0.39 is 17.8 Å². The van der Waals surface area contributed by atoms with Gasteiger partial charge >= 0.3 is 6.09 Å². The van der Waals surface area contributed by atoms with Gasteiger partial charge < -0.3 is 49.4 Å². The second-order valence-electron chi connectivity index (χ2n) is 22.5. The fourth-order valence-corrected chi connectivity index (χ4v) is 12.4. The van der Waals surface area contributed by atoms with Gasteiger partial charge in [-0.1, -0.05) is 108 Å². The third-order valence-corrected chi connectivity index (χ3v) is 17.6. The van der Waals surface area contributed by atoms with Crippen LogP contribution in [0.3, 0.4) is 0 Å². The highest BCUT2D eigenvalue weighted by atomic mass is 35.5. The van der Waals surface area contributed by atoms with Crippen molar-refractivity contribution in [2.45, 2.75) is 102 Å². The molecule has 3 atom stereocenters. The number of methoxy groups -OCH3 is 2. The Morgan fingerprint density at radius 2 is 1.36 bits per heavy atom. The fourth-order valence-electron chi connectivity index (χ4n) is 12.1. The highest BCUT2D eigenvalue weighted by Crippen LogP contribution is 2.44. The van der Waals surface area contributed by atoms with Crippen molar-refractivity contribution in [2.75, 3.05) is 91.7 Å². The van der Waals surface area contributed by atoms with Gasteiger partial charge in [-0.15, -0.1) is 0 Å². The number of carbonyl (C=O) groups is 3. The number of aliphatic hydroxyl groups is 1. The molecule has 3 fully saturated rings. The lowest BCUT2D eigenvalue weighted by molar-refractivity contribution is -0.125. The normalized spacial score (nSPS) is 18.4. The van der Waals surface area contributed by atoms with E-state index in [1.807, 2.05) is 83.8 Å². The molecule has 1 saturated carbocycles. The molecule has 1 aliphatic carbocycles. The number of ether oxygens (including phenoxy) is 4. The summed E-state index contributed by atoms with van der Waals surface area (Å²) in [6.45, 7) is 8.21. The molecule has 2 heterocycles. The Morgan fingerprint density at radius 3 is 2.01 bits per heavy atom. The second kappa shape index (κ2) is 31.2. The average Bonchev–Trinajstić information content (AvgIpc) is 3.96. The van der Waals surface area contributed by atoms with E-state index in [1.165, 1.54) is 24.0 Å². The number of ketones is 1. The number of likely N-dealkylation sites (tertiary alicyclic amines) is 2. The molecule has 0 aromatic heterocycles. The van der Waals surface area contributed by atoms with E-state index in [1.54, 1.807) is 20.3 Å². The molecule has 3 N–H and O–H groups in total. The Kier molecular flexibility index (Phi) is 23.7. The maximum Gasteiger partial charge on any atom is 0.407 e. The molecule has 8 rings (SSSR count). The van der Waals surface area contributed by atoms with Crippen molar-refractivity contribution >= 4 is 46.7 Å². The third-order valence-electron chi connectivity index (χ3n) is 16.9. The van der Waals surface area contributed by atoms with Crippen molar-refractivity contribution in [2.24, 2.45) is 23.7 Å². The number of amides is 2. The van der Waals surface area contributed by atoms with Gasteiger partial charge in [0.15, 0.2) is 0 Å². The standard InChI is InChI=1S/C66H85Cl2N5O8/c1-71-37-31-51(32-38-71)64(76)73(56-23-28-61(67)62(68)44-56)36-11-35-72-39-29-49(30-40-72)42-48-15-17-50(18-16-48)46-69-33-10-41-80-65(77)70-34-9-5-8-14-63(75)60-45-57(74)43-52(60)47-81-66(53-12-6-4-7-13-53,54-19-24-58(78-2)25-20-54)55-21-26-59(79-3)27-22-55/h4,6-7,12-13,15-28,44,49,51-52,57,60,69,74H,5,8-11,14,29-43,45-47H2,1-3H3,(H,70,77)/t52-,57+,60?/m0/s1. The van der Waals surface area contributed by atoms with Crippen molar-refractivity contribution in [3.63, 3.8) is 0 Å². The van der Waals surface area contributed by atoms with E-state index in [0.717, 1.165) is 118 Å². The summed E-state index contributed by atoms with van der Waals surface area (Å²) in [4.78, 5) is 46.8. The Bertz CT molecular complexity index is 2670. The topological polar surface area (TPSA) is 142 Å². The monoisotopic (exact) mass is 1150 g/mol. The van der Waals surface area contributed by atoms with Crippen LogP contribution >= 0.6 is 23.2 Å². The van der Waals surface area contributed by atoms with Crippen LogP contribution < -0.4 is 25.0 Å². The number of unbranched alkanes of at least 4 members (excludes halogenated alkanes) is 2. The number of nitrogens with one attached hydrogen (secondary N) is 2. The molecular formula is C66H85Cl2N5O8. The van der Waals surface area contributed by atoms with Crippen molar-refractivity contribution in [3.8, 4) is 11.5 Å². The van der Waals surface area contributed by atoms with Crippen molar-refractivity contribution in [1.29, 1.82) is 0 Å². The SMILES string of the molecule is COc1ccc(C(OC[C@@H]2C[C@@H](O)CC2C(=O)CCCCCNC(=O)OCCCNCc2ccc(CC3CCN(CCCN(C(=O)C4CCN(C)CC4)c4ccc(Cl)c(Cl)c4)CC3)cc2)(c2ccccc2)c2ccc(OC)cc2)cc1. The van der Waals surface area contributed by atoms with E-state index in [4.69, 9.17) is 42.1 Å². The number of aliphatic hydroxyl groups excluding tert-OH is 1. The molecule has 13 nitrogen and oxygen atoms in total. The molecule has 1 unspecified atom stereocenters. The number of anilines is 1. The largest absolute Gasteiger partial charge is 0.497 e. The quantitative estimate of drug-likeness (QED) is 0.0311. The van der Waals surface area contributed by atoms with E-state index in [0.29, 0.717) is 67.8 Å². The first kappa shape index (κ1) is 61.6. The Labute approximate surface area is 490 Å². The average molecular weight is 1150 g/mol. The molecule has 15 heteroatoms. The number of rotatable bonds is 29. The molecule has 5 aromatic rings. The van der Waals surface area contributed by atoms with Gasteiger partial charge in [0, 0.05) is 43.6 Å². The number of hydrogen-bond acceptors (Lipinski definition) is 11. The van der Waals surface area contributed by atoms with Crippen LogP contribution in [-0.4, -0.2) is 126 Å². The first-order valence-electron chi connectivity index (χ1n) is 29.5. The highest BCUT2D eigenvalue weighted by molar-refractivity contribution is 6.42. The maximum absolute atomic E-state index is 13.8. The Hall–Kier alpha value is -5.51. The van der Waals surface area contributed by atoms with Crippen LogP contribution in [0.15, 0.2) is 121 Å². The summed E-state index contributed by atoms with van der Waals surface area (Å²) in [5.41, 5.74) is 5.19. The number of benzene rings is 5. The fraction of sp³-hybridized carbons (Fsp3) is 0.500. The summed E-state index contributed by atoms with van der Waals surface area (Å²) >= 11 is 12.6. The van der Waals surface area contributed by atoms with Crippen molar-refractivity contribution in [3.05, 3.63) is 159 Å². The van der Waals surface area contributed by atoms with Crippen LogP contribution in [0.4, 0.5) is 10.5 Å². The number of nitrogens with zero attached hydrogens (tertiary/aromatic N) is 3. The van der Waals surface area contributed by atoms with Crippen LogP contribution in [0.1, 0.15) is 105 Å². The van der Waals surface area contributed by atoms with Crippen molar-refractivity contribution in [1.82, 2.24) is 20.4 Å². The number of hydrogen-bond donors (Lipinski definition) is 3.